The van der Waals surface area contributed by atoms with Crippen LogP contribution in [0.2, 0.25) is 0 Å². The summed E-state index contributed by atoms with van der Waals surface area (Å²) in [6.45, 7) is 0.754. The molecule has 1 aliphatic carbocycles. The van der Waals surface area contributed by atoms with E-state index in [9.17, 15) is 9.59 Å². The third kappa shape index (κ3) is 4.43. The van der Waals surface area contributed by atoms with Crippen LogP contribution in [0.4, 0.5) is 0 Å². The zero-order valence-electron chi connectivity index (χ0n) is 13.2. The first-order valence-electron chi connectivity index (χ1n) is 7.80. The van der Waals surface area contributed by atoms with Gasteiger partial charge < -0.3 is 11.1 Å². The number of nitrogens with one attached hydrogen (secondary N) is 1. The first kappa shape index (κ1) is 18.2. The van der Waals surface area contributed by atoms with Crippen molar-refractivity contribution in [1.82, 2.24) is 15.1 Å². The van der Waals surface area contributed by atoms with Crippen LogP contribution in [0.5, 0.6) is 0 Å². The van der Waals surface area contributed by atoms with Gasteiger partial charge in [-0.2, -0.15) is 5.10 Å². The van der Waals surface area contributed by atoms with E-state index >= 15 is 0 Å². The highest BCUT2D eigenvalue weighted by molar-refractivity contribution is 5.92. The number of carbonyl (C=O) groups excluding carboxylic acids is 1. The van der Waals surface area contributed by atoms with Crippen LogP contribution in [-0.4, -0.2) is 28.3 Å². The molecule has 1 amide bonds. The van der Waals surface area contributed by atoms with E-state index in [-0.39, 0.29) is 35.6 Å². The molecule has 1 atom stereocenters. The van der Waals surface area contributed by atoms with Crippen molar-refractivity contribution < 1.29 is 4.79 Å². The zero-order chi connectivity index (χ0) is 16.2. The van der Waals surface area contributed by atoms with E-state index < -0.39 is 0 Å². The normalized spacial score (nSPS) is 14.5. The molecular formula is C17H21ClN4O2. The van der Waals surface area contributed by atoms with Crippen molar-refractivity contribution in [1.29, 1.82) is 0 Å². The van der Waals surface area contributed by atoms with Gasteiger partial charge in [0, 0.05) is 18.7 Å². The van der Waals surface area contributed by atoms with Gasteiger partial charge in [0.15, 0.2) is 0 Å². The molecule has 1 fully saturated rings. The molecule has 0 bridgehead atoms. The summed E-state index contributed by atoms with van der Waals surface area (Å²) in [5, 5.41) is 7.10. The average Bonchev–Trinajstić information content (AvgIpc) is 3.40. The van der Waals surface area contributed by atoms with E-state index in [1.54, 1.807) is 0 Å². The van der Waals surface area contributed by atoms with Crippen LogP contribution in [0.3, 0.4) is 0 Å². The summed E-state index contributed by atoms with van der Waals surface area (Å²) < 4.78 is 1.30. The first-order valence-corrected chi connectivity index (χ1v) is 7.80. The highest BCUT2D eigenvalue weighted by Crippen LogP contribution is 2.32. The summed E-state index contributed by atoms with van der Waals surface area (Å²) >= 11 is 0. The lowest BCUT2D eigenvalue weighted by Gasteiger charge is -2.16. The Balaban J connectivity index is 0.00000208. The number of hydrogen-bond donors (Lipinski definition) is 2. The van der Waals surface area contributed by atoms with Gasteiger partial charge in [0.1, 0.15) is 5.69 Å². The van der Waals surface area contributed by atoms with E-state index in [0.29, 0.717) is 19.0 Å². The second-order valence-electron chi connectivity index (χ2n) is 5.85. The largest absolute Gasteiger partial charge is 0.346 e. The van der Waals surface area contributed by atoms with Crippen LogP contribution in [0.15, 0.2) is 47.3 Å². The van der Waals surface area contributed by atoms with Crippen molar-refractivity contribution in [2.45, 2.75) is 25.4 Å². The Labute approximate surface area is 146 Å². The monoisotopic (exact) mass is 348 g/mol. The lowest BCUT2D eigenvalue weighted by atomic mass is 10.2. The Morgan fingerprint density at radius 1 is 1.25 bits per heavy atom. The molecule has 1 saturated carbocycles. The lowest BCUT2D eigenvalue weighted by molar-refractivity contribution is 0.0926. The minimum absolute atomic E-state index is 0. The fraction of sp³-hybridized carbons (Fsp3) is 0.353. The van der Waals surface area contributed by atoms with Crippen molar-refractivity contribution in [2.24, 2.45) is 11.7 Å². The average molecular weight is 349 g/mol. The summed E-state index contributed by atoms with van der Waals surface area (Å²) in [7, 11) is 0. The smallest absolute Gasteiger partial charge is 0.271 e. The quantitative estimate of drug-likeness (QED) is 0.820. The van der Waals surface area contributed by atoms with Gasteiger partial charge >= 0.3 is 0 Å². The minimum Gasteiger partial charge on any atom is -0.346 e. The Bertz CT molecular complexity index is 744. The molecule has 3 N–H and O–H groups in total. The molecular weight excluding hydrogens is 328 g/mol. The lowest BCUT2D eigenvalue weighted by Crippen LogP contribution is -2.42. The fourth-order valence-corrected chi connectivity index (χ4v) is 2.55. The van der Waals surface area contributed by atoms with Crippen LogP contribution in [0, 0.1) is 5.92 Å². The molecule has 24 heavy (non-hydrogen) atoms. The fourth-order valence-electron chi connectivity index (χ4n) is 2.55. The van der Waals surface area contributed by atoms with E-state index in [2.05, 4.69) is 10.4 Å². The maximum atomic E-state index is 12.3. The number of rotatable bonds is 6. The summed E-state index contributed by atoms with van der Waals surface area (Å²) in [5.41, 5.74) is 6.66. The molecule has 1 aliphatic rings. The maximum Gasteiger partial charge on any atom is 0.271 e. The standard InChI is InChI=1S/C17H20N4O2.ClH/c18-10-15(13-6-7-13)19-17(23)14-8-9-16(22)21(20-14)11-12-4-2-1-3-5-12;/h1-5,8-9,13,15H,6-7,10-11,18H2,(H,19,23);1H. The predicted molar refractivity (Wildman–Crippen MR) is 94.3 cm³/mol. The summed E-state index contributed by atoms with van der Waals surface area (Å²) in [6.07, 6.45) is 2.20. The Morgan fingerprint density at radius 3 is 2.58 bits per heavy atom. The third-order valence-corrected chi connectivity index (χ3v) is 4.04. The Kier molecular flexibility index (Phi) is 6.11. The molecule has 0 aliphatic heterocycles. The summed E-state index contributed by atoms with van der Waals surface area (Å²) in [5.74, 6) is 0.188. The summed E-state index contributed by atoms with van der Waals surface area (Å²) in [6, 6.07) is 12.4. The molecule has 0 saturated heterocycles. The van der Waals surface area contributed by atoms with E-state index in [4.69, 9.17) is 5.73 Å². The number of aromatic nitrogens is 2. The molecule has 6 nitrogen and oxygen atoms in total. The molecule has 1 heterocycles. The predicted octanol–water partition coefficient (Wildman–Crippen LogP) is 1.18. The molecule has 1 aromatic carbocycles. The third-order valence-electron chi connectivity index (χ3n) is 4.04. The van der Waals surface area contributed by atoms with Crippen molar-refractivity contribution in [3.05, 3.63) is 64.1 Å². The van der Waals surface area contributed by atoms with Crippen LogP contribution < -0.4 is 16.6 Å². The number of nitrogens with two attached hydrogens (primary N) is 1. The van der Waals surface area contributed by atoms with Gasteiger partial charge in [0.25, 0.3) is 11.5 Å². The van der Waals surface area contributed by atoms with Gasteiger partial charge in [-0.25, -0.2) is 4.68 Å². The number of nitrogens with zero attached hydrogens (tertiary/aromatic N) is 2. The number of benzene rings is 1. The first-order chi connectivity index (χ1) is 11.2. The number of carbonyl (C=O) groups is 1. The van der Waals surface area contributed by atoms with Gasteiger partial charge in [-0.15, -0.1) is 12.4 Å². The van der Waals surface area contributed by atoms with Crippen LogP contribution in [0.1, 0.15) is 28.9 Å². The second-order valence-corrected chi connectivity index (χ2v) is 5.85. The molecule has 7 heteroatoms. The molecule has 128 valence electrons. The van der Waals surface area contributed by atoms with E-state index in [0.717, 1.165) is 18.4 Å². The second kappa shape index (κ2) is 8.08. The minimum atomic E-state index is -0.283. The molecule has 1 unspecified atom stereocenters. The van der Waals surface area contributed by atoms with Gasteiger partial charge in [0.2, 0.25) is 0 Å². The number of hydrogen-bond acceptors (Lipinski definition) is 4. The molecule has 0 spiro atoms. The van der Waals surface area contributed by atoms with E-state index in [1.165, 1.54) is 16.8 Å². The Hall–Kier alpha value is -2.18. The van der Waals surface area contributed by atoms with Gasteiger partial charge in [-0.3, -0.25) is 9.59 Å². The summed E-state index contributed by atoms with van der Waals surface area (Å²) in [4.78, 5) is 24.3. The van der Waals surface area contributed by atoms with Crippen LogP contribution in [-0.2, 0) is 6.54 Å². The molecule has 2 aromatic rings. The maximum absolute atomic E-state index is 12.3. The number of amides is 1. The van der Waals surface area contributed by atoms with Crippen LogP contribution >= 0.6 is 12.4 Å². The van der Waals surface area contributed by atoms with E-state index in [1.807, 2.05) is 30.3 Å². The molecule has 0 radical (unpaired) electrons. The highest BCUT2D eigenvalue weighted by atomic mass is 35.5. The zero-order valence-corrected chi connectivity index (χ0v) is 14.0. The van der Waals surface area contributed by atoms with Crippen molar-refractivity contribution >= 4 is 18.3 Å². The van der Waals surface area contributed by atoms with Gasteiger partial charge in [0.05, 0.1) is 6.54 Å². The van der Waals surface area contributed by atoms with Gasteiger partial charge in [-0.05, 0) is 30.4 Å². The highest BCUT2D eigenvalue weighted by Gasteiger charge is 2.31. The van der Waals surface area contributed by atoms with Crippen molar-refractivity contribution in [3.63, 3.8) is 0 Å². The SMILES string of the molecule is Cl.NCC(NC(=O)c1ccc(=O)n(Cc2ccccc2)n1)C1CC1. The molecule has 1 aromatic heterocycles. The Morgan fingerprint density at radius 2 is 1.96 bits per heavy atom. The topological polar surface area (TPSA) is 90.0 Å². The van der Waals surface area contributed by atoms with Crippen molar-refractivity contribution in [3.8, 4) is 0 Å². The molecule has 3 rings (SSSR count). The van der Waals surface area contributed by atoms with Crippen LogP contribution in [0.25, 0.3) is 0 Å². The number of halogens is 1. The van der Waals surface area contributed by atoms with Gasteiger partial charge in [-0.1, -0.05) is 30.3 Å². The van der Waals surface area contributed by atoms with Crippen molar-refractivity contribution in [2.75, 3.05) is 6.54 Å².